The van der Waals surface area contributed by atoms with Crippen LogP contribution < -0.4 is 20.7 Å². The lowest BCUT2D eigenvalue weighted by Crippen LogP contribution is -2.46. The number of nitrogens with one attached hydrogen (secondary N) is 4. The fourth-order valence-electron chi connectivity index (χ4n) is 5.17. The van der Waals surface area contributed by atoms with Crippen molar-refractivity contribution in [3.05, 3.63) is 89.8 Å². The summed E-state index contributed by atoms with van der Waals surface area (Å²) in [6, 6.07) is 15.9. The van der Waals surface area contributed by atoms with E-state index in [1.165, 1.54) is 6.07 Å². The summed E-state index contributed by atoms with van der Waals surface area (Å²) in [4.78, 5) is 22.0. The fraction of sp³-hybridized carbons (Fsp3) is 0.286. The van der Waals surface area contributed by atoms with Crippen molar-refractivity contribution in [2.75, 3.05) is 25.0 Å². The minimum atomic E-state index is -0.681. The molecule has 0 bridgehead atoms. The monoisotopic (exact) mass is 513 g/mol. The number of piperidine rings is 1. The van der Waals surface area contributed by atoms with Crippen LogP contribution >= 0.6 is 0 Å². The number of halogens is 1. The van der Waals surface area contributed by atoms with Crippen LogP contribution in [0.5, 0.6) is 5.75 Å². The first-order chi connectivity index (χ1) is 18.6. The molecule has 0 radical (unpaired) electrons. The molecule has 1 saturated heterocycles. The first-order valence-corrected chi connectivity index (χ1v) is 12.8. The van der Waals surface area contributed by atoms with E-state index in [1.54, 1.807) is 24.5 Å². The van der Waals surface area contributed by atoms with Crippen LogP contribution in [0.2, 0.25) is 0 Å². The summed E-state index contributed by atoms with van der Waals surface area (Å²) in [6.45, 7) is 1.94. The van der Waals surface area contributed by atoms with Crippen LogP contribution in [0.15, 0.2) is 67.0 Å². The topological polar surface area (TPSA) is 117 Å². The molecule has 2 aliphatic heterocycles. The molecule has 194 valence electrons. The van der Waals surface area contributed by atoms with Gasteiger partial charge in [0.2, 0.25) is 0 Å². The first kappa shape index (κ1) is 24.1. The number of hydrogen-bond donors (Lipinski definition) is 4. The van der Waals surface area contributed by atoms with Gasteiger partial charge in [-0.2, -0.15) is 5.10 Å². The molecular weight excluding hydrogens is 485 g/mol. The van der Waals surface area contributed by atoms with Gasteiger partial charge in [-0.1, -0.05) is 24.3 Å². The number of carbonyl (C=O) groups is 1. The number of amides is 1. The number of aromatic amines is 1. The predicted molar refractivity (Wildman–Crippen MR) is 140 cm³/mol. The van der Waals surface area contributed by atoms with Crippen LogP contribution in [-0.4, -0.2) is 45.8 Å². The van der Waals surface area contributed by atoms with Gasteiger partial charge in [0.25, 0.3) is 5.91 Å². The van der Waals surface area contributed by atoms with Gasteiger partial charge in [-0.05, 0) is 56.3 Å². The van der Waals surface area contributed by atoms with Gasteiger partial charge in [0, 0.05) is 29.9 Å². The van der Waals surface area contributed by atoms with E-state index < -0.39 is 17.3 Å². The van der Waals surface area contributed by atoms with Crippen LogP contribution in [0.1, 0.15) is 47.1 Å². The Kier molecular flexibility index (Phi) is 6.47. The Morgan fingerprint density at radius 1 is 1.05 bits per heavy atom. The normalized spacial score (nSPS) is 18.2. The Bertz CT molecular complexity index is 1440. The molecule has 4 aromatic rings. The van der Waals surface area contributed by atoms with E-state index in [0.717, 1.165) is 30.0 Å². The number of carbonyl (C=O) groups excluding carboxylic acids is 1. The van der Waals surface area contributed by atoms with Crippen molar-refractivity contribution in [1.82, 2.24) is 30.8 Å². The lowest BCUT2D eigenvalue weighted by atomic mass is 9.87. The molecule has 38 heavy (non-hydrogen) atoms. The minimum absolute atomic E-state index is 0.0156. The third-order valence-corrected chi connectivity index (χ3v) is 7.22. The van der Waals surface area contributed by atoms with Crippen LogP contribution in [0.3, 0.4) is 0 Å². The summed E-state index contributed by atoms with van der Waals surface area (Å²) in [5.74, 6) is 0.848. The van der Waals surface area contributed by atoms with Gasteiger partial charge in [-0.15, -0.1) is 0 Å². The molecule has 6 rings (SSSR count). The van der Waals surface area contributed by atoms with Crippen molar-refractivity contribution in [2.24, 2.45) is 0 Å². The zero-order valence-electron chi connectivity index (χ0n) is 20.7. The molecule has 2 aromatic carbocycles. The minimum Gasteiger partial charge on any atom is -0.493 e. The van der Waals surface area contributed by atoms with E-state index in [0.29, 0.717) is 37.5 Å². The molecule has 10 heteroatoms. The van der Waals surface area contributed by atoms with Crippen molar-refractivity contribution >= 4 is 11.6 Å². The van der Waals surface area contributed by atoms with Crippen molar-refractivity contribution in [1.29, 1.82) is 0 Å². The molecule has 9 nitrogen and oxygen atoms in total. The molecule has 2 aromatic heterocycles. The number of hydrogen-bond acceptors (Lipinski definition) is 7. The molecule has 0 saturated carbocycles. The highest BCUT2D eigenvalue weighted by atomic mass is 19.1. The third-order valence-electron chi connectivity index (χ3n) is 7.22. The molecule has 1 fully saturated rings. The zero-order valence-corrected chi connectivity index (χ0v) is 20.7. The van der Waals surface area contributed by atoms with Gasteiger partial charge in [-0.3, -0.25) is 14.9 Å². The van der Waals surface area contributed by atoms with Crippen LogP contribution in [0.25, 0.3) is 11.4 Å². The summed E-state index contributed by atoms with van der Waals surface area (Å²) >= 11 is 0. The van der Waals surface area contributed by atoms with E-state index in [1.807, 2.05) is 36.4 Å². The zero-order chi connectivity index (χ0) is 26.0. The highest BCUT2D eigenvalue weighted by molar-refractivity contribution is 5.95. The van der Waals surface area contributed by atoms with E-state index in [9.17, 15) is 4.79 Å². The second kappa shape index (κ2) is 10.2. The summed E-state index contributed by atoms with van der Waals surface area (Å²) in [6.07, 6.45) is 5.31. The summed E-state index contributed by atoms with van der Waals surface area (Å²) in [7, 11) is 0. The number of anilines is 1. The van der Waals surface area contributed by atoms with Gasteiger partial charge in [0.15, 0.2) is 17.5 Å². The Morgan fingerprint density at radius 3 is 2.71 bits per heavy atom. The number of ether oxygens (including phenoxy) is 1. The number of fused-ring (bicyclic) bond motifs is 1. The van der Waals surface area contributed by atoms with Crippen molar-refractivity contribution in [3.63, 3.8) is 0 Å². The molecule has 4 N–H and O–H groups in total. The standard InChI is InChI=1S/C28H28FN7O2/c29-24-20(26(37)32-21-10-17-38-23-7-2-1-4-19(21)23)5-3-6-22(24)34-28(11-15-31-16-12-28)27-33-25(35-36-27)18-8-13-30-14-9-18/h1-9,13-14,21,31,34H,10-12,15-17H2,(H,32,37)(H,33,35,36)/t21-/m0/s1. The average Bonchev–Trinajstić information content (AvgIpc) is 3.47. The largest absolute Gasteiger partial charge is 0.493 e. The summed E-state index contributed by atoms with van der Waals surface area (Å²) < 4.78 is 21.6. The lowest BCUT2D eigenvalue weighted by Gasteiger charge is -2.37. The molecule has 0 spiro atoms. The highest BCUT2D eigenvalue weighted by Crippen LogP contribution is 2.36. The predicted octanol–water partition coefficient (Wildman–Crippen LogP) is 3.95. The van der Waals surface area contributed by atoms with Gasteiger partial charge in [0.1, 0.15) is 5.75 Å². The molecule has 4 heterocycles. The fourth-order valence-corrected chi connectivity index (χ4v) is 5.17. The Hall–Kier alpha value is -4.31. The van der Waals surface area contributed by atoms with Crippen molar-refractivity contribution in [2.45, 2.75) is 30.8 Å². The van der Waals surface area contributed by atoms with Crippen LogP contribution in [0, 0.1) is 5.82 Å². The quantitative estimate of drug-likeness (QED) is 0.308. The maximum atomic E-state index is 15.9. The molecule has 2 aliphatic rings. The highest BCUT2D eigenvalue weighted by Gasteiger charge is 2.38. The second-order valence-electron chi connectivity index (χ2n) is 9.57. The van der Waals surface area contributed by atoms with Gasteiger partial charge >= 0.3 is 0 Å². The number of nitrogens with zero attached hydrogens (tertiary/aromatic N) is 3. The molecule has 0 unspecified atom stereocenters. The van der Waals surface area contributed by atoms with Gasteiger partial charge in [0.05, 0.1) is 29.4 Å². The number of benzene rings is 2. The smallest absolute Gasteiger partial charge is 0.254 e. The molecule has 0 aliphatic carbocycles. The maximum absolute atomic E-state index is 15.9. The van der Waals surface area contributed by atoms with Crippen LogP contribution in [-0.2, 0) is 5.54 Å². The Balaban J connectivity index is 1.27. The number of aromatic nitrogens is 4. The maximum Gasteiger partial charge on any atom is 0.254 e. The average molecular weight is 514 g/mol. The van der Waals surface area contributed by atoms with E-state index in [4.69, 9.17) is 9.72 Å². The summed E-state index contributed by atoms with van der Waals surface area (Å²) in [5.41, 5.74) is 1.28. The number of rotatable bonds is 6. The molecule has 1 atom stereocenters. The number of H-pyrrole nitrogens is 1. The van der Waals surface area contributed by atoms with E-state index >= 15 is 4.39 Å². The second-order valence-corrected chi connectivity index (χ2v) is 9.57. The first-order valence-electron chi connectivity index (χ1n) is 12.8. The van der Waals surface area contributed by atoms with Gasteiger partial charge in [-0.25, -0.2) is 9.37 Å². The van der Waals surface area contributed by atoms with Gasteiger partial charge < -0.3 is 20.7 Å². The Labute approximate surface area is 219 Å². The Morgan fingerprint density at radius 2 is 1.87 bits per heavy atom. The van der Waals surface area contributed by atoms with E-state index in [2.05, 4.69) is 31.1 Å². The van der Waals surface area contributed by atoms with Crippen LogP contribution in [0.4, 0.5) is 10.1 Å². The van der Waals surface area contributed by atoms with E-state index in [-0.39, 0.29) is 17.3 Å². The van der Waals surface area contributed by atoms with Crippen molar-refractivity contribution in [3.8, 4) is 17.1 Å². The third kappa shape index (κ3) is 4.58. The number of para-hydroxylation sites is 1. The molecule has 1 amide bonds. The lowest BCUT2D eigenvalue weighted by molar-refractivity contribution is 0.0920. The molecular formula is C28H28FN7O2. The number of pyridine rings is 1. The van der Waals surface area contributed by atoms with Crippen molar-refractivity contribution < 1.29 is 13.9 Å². The summed E-state index contributed by atoms with van der Waals surface area (Å²) in [5, 5.41) is 17.2. The SMILES string of the molecule is O=C(N[C@H]1CCOc2ccccc21)c1cccc(NC2(c3nc(-c4ccncc4)n[nH]3)CCNCC2)c1F.